The molecule has 27 heavy (non-hydrogen) atoms. The molecule has 0 unspecified atom stereocenters. The first-order valence-corrected chi connectivity index (χ1v) is 10.7. The summed E-state index contributed by atoms with van der Waals surface area (Å²) in [7, 11) is 0. The van der Waals surface area contributed by atoms with Crippen LogP contribution < -0.4 is 5.32 Å². The van der Waals surface area contributed by atoms with Crippen LogP contribution in [0.2, 0.25) is 0 Å². The largest absolute Gasteiger partial charge is 0.361 e. The first-order chi connectivity index (χ1) is 13.0. The summed E-state index contributed by atoms with van der Waals surface area (Å²) in [6.45, 7) is 12.1. The predicted octanol–water partition coefficient (Wildman–Crippen LogP) is 3.87. The molecule has 2 aliphatic heterocycles. The zero-order chi connectivity index (χ0) is 19.4. The highest BCUT2D eigenvalue weighted by Gasteiger charge is 2.34. The second-order valence-electron chi connectivity index (χ2n) is 8.63. The van der Waals surface area contributed by atoms with Crippen LogP contribution in [0.15, 0.2) is 4.52 Å². The number of urea groups is 1. The summed E-state index contributed by atoms with van der Waals surface area (Å²) in [5.41, 5.74) is 2.25. The van der Waals surface area contributed by atoms with Gasteiger partial charge >= 0.3 is 6.03 Å². The van der Waals surface area contributed by atoms with Gasteiger partial charge in [0.1, 0.15) is 5.76 Å². The van der Waals surface area contributed by atoms with Gasteiger partial charge in [-0.25, -0.2) is 4.79 Å². The molecule has 152 valence electrons. The van der Waals surface area contributed by atoms with Crippen molar-refractivity contribution in [3.63, 3.8) is 0 Å². The lowest BCUT2D eigenvalue weighted by Gasteiger charge is -2.41. The lowest BCUT2D eigenvalue weighted by Crippen LogP contribution is -2.52. The van der Waals surface area contributed by atoms with Gasteiger partial charge in [0, 0.05) is 30.7 Å². The van der Waals surface area contributed by atoms with Crippen LogP contribution in [0.4, 0.5) is 4.79 Å². The number of aromatic nitrogens is 1. The Morgan fingerprint density at radius 2 is 1.89 bits per heavy atom. The summed E-state index contributed by atoms with van der Waals surface area (Å²) < 4.78 is 5.31. The van der Waals surface area contributed by atoms with E-state index in [9.17, 15) is 4.79 Å². The Morgan fingerprint density at radius 1 is 1.15 bits per heavy atom. The minimum absolute atomic E-state index is 0.134. The first-order valence-electron chi connectivity index (χ1n) is 10.7. The number of hydrogen-bond donors (Lipinski definition) is 1. The van der Waals surface area contributed by atoms with Crippen molar-refractivity contribution in [1.29, 1.82) is 0 Å². The maximum absolute atomic E-state index is 12.8. The van der Waals surface area contributed by atoms with Crippen molar-refractivity contribution in [3.8, 4) is 0 Å². The highest BCUT2D eigenvalue weighted by molar-refractivity contribution is 5.74. The maximum Gasteiger partial charge on any atom is 0.317 e. The molecular weight excluding hydrogens is 340 g/mol. The van der Waals surface area contributed by atoms with Crippen LogP contribution in [-0.2, 0) is 6.54 Å². The van der Waals surface area contributed by atoms with Crippen LogP contribution in [-0.4, -0.2) is 52.7 Å². The van der Waals surface area contributed by atoms with Crippen molar-refractivity contribution in [2.75, 3.05) is 19.6 Å². The van der Waals surface area contributed by atoms with Gasteiger partial charge in [-0.2, -0.15) is 0 Å². The molecule has 3 heterocycles. The summed E-state index contributed by atoms with van der Waals surface area (Å²) in [5.74, 6) is 1.55. The Labute approximate surface area is 163 Å². The molecule has 6 heteroatoms. The van der Waals surface area contributed by atoms with Crippen molar-refractivity contribution in [3.05, 3.63) is 17.0 Å². The third kappa shape index (κ3) is 5.03. The third-order valence-corrected chi connectivity index (χ3v) is 6.21. The van der Waals surface area contributed by atoms with Gasteiger partial charge in [0.2, 0.25) is 0 Å². The van der Waals surface area contributed by atoms with Crippen molar-refractivity contribution in [2.45, 2.75) is 84.8 Å². The Bertz CT molecular complexity index is 600. The molecule has 0 spiro atoms. The Balaban J connectivity index is 1.59. The fourth-order valence-electron chi connectivity index (χ4n) is 4.65. The van der Waals surface area contributed by atoms with Crippen LogP contribution in [0.3, 0.4) is 0 Å². The number of nitrogens with one attached hydrogen (secondary N) is 1. The van der Waals surface area contributed by atoms with E-state index in [1.807, 2.05) is 27.7 Å². The number of amides is 2. The van der Waals surface area contributed by atoms with E-state index in [2.05, 4.69) is 20.3 Å². The van der Waals surface area contributed by atoms with Gasteiger partial charge in [0.05, 0.1) is 5.69 Å². The molecule has 2 amide bonds. The number of nitrogens with zero attached hydrogens (tertiary/aromatic N) is 3. The van der Waals surface area contributed by atoms with Gasteiger partial charge in [-0.15, -0.1) is 0 Å². The molecule has 1 atom stereocenters. The van der Waals surface area contributed by atoms with Gasteiger partial charge in [-0.05, 0) is 72.4 Å². The van der Waals surface area contributed by atoms with Gasteiger partial charge in [0.25, 0.3) is 0 Å². The summed E-state index contributed by atoms with van der Waals surface area (Å²) in [6.07, 6.45) is 7.11. The zero-order valence-electron chi connectivity index (χ0n) is 17.5. The van der Waals surface area contributed by atoms with E-state index < -0.39 is 0 Å². The van der Waals surface area contributed by atoms with E-state index in [1.165, 1.54) is 31.2 Å². The van der Waals surface area contributed by atoms with Crippen LogP contribution >= 0.6 is 0 Å². The summed E-state index contributed by atoms with van der Waals surface area (Å²) >= 11 is 0. The van der Waals surface area contributed by atoms with Crippen molar-refractivity contribution in [1.82, 2.24) is 20.3 Å². The molecule has 0 saturated carbocycles. The lowest BCUT2D eigenvalue weighted by atomic mass is 9.86. The standard InChI is InChI=1S/C21H36N4O2/c1-15(2)22-21(26)25-11-7-5-6-8-20(25)18-9-12-24(13-10-18)14-19-16(3)23-27-17(19)4/h15,18,20H,5-14H2,1-4H3,(H,22,26)/t20-/m0/s1. The molecule has 2 saturated heterocycles. The third-order valence-electron chi connectivity index (χ3n) is 6.21. The van der Waals surface area contributed by atoms with E-state index in [1.54, 1.807) is 0 Å². The minimum atomic E-state index is 0.134. The van der Waals surface area contributed by atoms with E-state index in [-0.39, 0.29) is 12.1 Å². The normalized spacial score (nSPS) is 22.9. The smallest absolute Gasteiger partial charge is 0.317 e. The molecule has 0 radical (unpaired) electrons. The van der Waals surface area contributed by atoms with Crippen LogP contribution in [0.5, 0.6) is 0 Å². The number of rotatable bonds is 4. The lowest BCUT2D eigenvalue weighted by molar-refractivity contribution is 0.0972. The van der Waals surface area contributed by atoms with Crippen LogP contribution in [0, 0.1) is 19.8 Å². The molecule has 1 aromatic rings. The molecule has 1 aromatic heterocycles. The number of likely N-dealkylation sites (tertiary alicyclic amines) is 2. The Kier molecular flexibility index (Phi) is 6.79. The number of carbonyl (C=O) groups excluding carboxylic acids is 1. The molecule has 0 aliphatic carbocycles. The zero-order valence-corrected chi connectivity index (χ0v) is 17.5. The van der Waals surface area contributed by atoms with Gasteiger partial charge in [-0.3, -0.25) is 4.90 Å². The van der Waals surface area contributed by atoms with E-state index in [0.717, 1.165) is 50.5 Å². The fourth-order valence-corrected chi connectivity index (χ4v) is 4.65. The average Bonchev–Trinajstić information content (AvgIpc) is 2.84. The number of carbonyl (C=O) groups is 1. The number of hydrogen-bond acceptors (Lipinski definition) is 4. The van der Waals surface area contributed by atoms with Crippen LogP contribution in [0.25, 0.3) is 0 Å². The summed E-state index contributed by atoms with van der Waals surface area (Å²) in [5, 5.41) is 7.20. The topological polar surface area (TPSA) is 61.6 Å². The van der Waals surface area contributed by atoms with Gasteiger partial charge < -0.3 is 14.7 Å². The molecule has 2 aliphatic rings. The maximum atomic E-state index is 12.8. The first kappa shape index (κ1) is 20.2. The highest BCUT2D eigenvalue weighted by Crippen LogP contribution is 2.31. The molecule has 0 bridgehead atoms. The molecule has 6 nitrogen and oxygen atoms in total. The highest BCUT2D eigenvalue weighted by atomic mass is 16.5. The molecule has 0 aromatic carbocycles. The van der Waals surface area contributed by atoms with E-state index in [0.29, 0.717) is 12.0 Å². The summed E-state index contributed by atoms with van der Waals surface area (Å²) in [4.78, 5) is 17.4. The van der Waals surface area contributed by atoms with Crippen molar-refractivity contribution >= 4 is 6.03 Å². The monoisotopic (exact) mass is 376 g/mol. The summed E-state index contributed by atoms with van der Waals surface area (Å²) in [6, 6.07) is 0.723. The van der Waals surface area contributed by atoms with Gasteiger partial charge in [0.15, 0.2) is 0 Å². The fraction of sp³-hybridized carbons (Fsp3) is 0.810. The SMILES string of the molecule is Cc1noc(C)c1CN1CCC([C@@H]2CCCCCN2C(=O)NC(C)C)CC1. The van der Waals surface area contributed by atoms with Gasteiger partial charge in [-0.1, -0.05) is 18.0 Å². The number of piperidine rings is 1. The van der Waals surface area contributed by atoms with Crippen LogP contribution in [0.1, 0.15) is 69.4 Å². The Hall–Kier alpha value is -1.56. The van der Waals surface area contributed by atoms with Crippen molar-refractivity contribution in [2.24, 2.45) is 5.92 Å². The quantitative estimate of drug-likeness (QED) is 0.867. The predicted molar refractivity (Wildman–Crippen MR) is 107 cm³/mol. The molecular formula is C21H36N4O2. The Morgan fingerprint density at radius 3 is 2.52 bits per heavy atom. The van der Waals surface area contributed by atoms with Crippen molar-refractivity contribution < 1.29 is 9.32 Å². The second-order valence-corrected chi connectivity index (χ2v) is 8.63. The molecule has 3 rings (SSSR count). The van der Waals surface area contributed by atoms with E-state index in [4.69, 9.17) is 4.52 Å². The molecule has 1 N–H and O–H groups in total. The molecule has 2 fully saturated rings. The average molecular weight is 377 g/mol. The minimum Gasteiger partial charge on any atom is -0.361 e. The number of aryl methyl sites for hydroxylation is 2. The van der Waals surface area contributed by atoms with E-state index >= 15 is 0 Å². The second kappa shape index (κ2) is 9.09.